The van der Waals surface area contributed by atoms with Crippen molar-refractivity contribution in [2.24, 2.45) is 0 Å². The van der Waals surface area contributed by atoms with E-state index in [0.717, 1.165) is 37.8 Å². The smallest absolute Gasteiger partial charge is 0.180 e. The molecule has 0 spiro atoms. The zero-order valence-electron chi connectivity index (χ0n) is 11.5. The van der Waals surface area contributed by atoms with Gasteiger partial charge in [-0.15, -0.1) is 0 Å². The molecule has 1 N–H and O–H groups in total. The topological polar surface area (TPSA) is 54.0 Å². The first kappa shape index (κ1) is 12.8. The van der Waals surface area contributed by atoms with Crippen molar-refractivity contribution in [1.29, 1.82) is 0 Å². The van der Waals surface area contributed by atoms with Crippen molar-refractivity contribution in [3.63, 3.8) is 0 Å². The number of hydrogen-bond donors (Lipinski definition) is 1. The molecule has 0 saturated carbocycles. The summed E-state index contributed by atoms with van der Waals surface area (Å²) < 4.78 is 5.83. The van der Waals surface area contributed by atoms with E-state index in [4.69, 9.17) is 4.74 Å². The molecule has 3 rings (SSSR count). The van der Waals surface area contributed by atoms with Gasteiger partial charge in [0.25, 0.3) is 0 Å². The molecule has 1 aliphatic heterocycles. The van der Waals surface area contributed by atoms with E-state index in [1.807, 2.05) is 0 Å². The van der Waals surface area contributed by atoms with Gasteiger partial charge in [-0.05, 0) is 19.3 Å². The van der Waals surface area contributed by atoms with Crippen molar-refractivity contribution in [1.82, 2.24) is 20.1 Å². The van der Waals surface area contributed by atoms with Crippen molar-refractivity contribution in [3.05, 3.63) is 23.8 Å². The summed E-state index contributed by atoms with van der Waals surface area (Å²) in [5.41, 5.74) is 0. The Morgan fingerprint density at radius 2 is 2.47 bits per heavy atom. The summed E-state index contributed by atoms with van der Waals surface area (Å²) in [5.74, 6) is 1.75. The van der Waals surface area contributed by atoms with Crippen LogP contribution in [0.25, 0.3) is 0 Å². The van der Waals surface area contributed by atoms with Gasteiger partial charge in [0, 0.05) is 25.6 Å². The minimum Gasteiger partial charge on any atom is -0.367 e. The lowest BCUT2D eigenvalue weighted by Gasteiger charge is -2.37. The van der Waals surface area contributed by atoms with Gasteiger partial charge in [0.1, 0.15) is 11.9 Å². The minimum absolute atomic E-state index is 0.0145. The Balaban J connectivity index is 1.67. The fourth-order valence-electron chi connectivity index (χ4n) is 2.84. The van der Waals surface area contributed by atoms with E-state index in [1.54, 1.807) is 0 Å². The average Bonchev–Trinajstić information content (AvgIpc) is 2.97. The van der Waals surface area contributed by atoms with Gasteiger partial charge in [-0.25, -0.2) is 4.98 Å². The summed E-state index contributed by atoms with van der Waals surface area (Å²) in [4.78, 5) is 7.00. The number of allylic oxidation sites excluding steroid dienone is 1. The fraction of sp³-hybridized carbons (Fsp3) is 0.714. The third-order valence-corrected chi connectivity index (χ3v) is 3.97. The largest absolute Gasteiger partial charge is 0.367 e. The molecular formula is C14H22N4O. The van der Waals surface area contributed by atoms with Crippen LogP contribution in [-0.4, -0.2) is 45.8 Å². The Morgan fingerprint density at radius 3 is 3.21 bits per heavy atom. The monoisotopic (exact) mass is 262 g/mol. The van der Waals surface area contributed by atoms with Crippen LogP contribution in [0.5, 0.6) is 0 Å². The minimum atomic E-state index is 0.0145. The molecule has 19 heavy (non-hydrogen) atoms. The van der Waals surface area contributed by atoms with Crippen LogP contribution in [0.1, 0.15) is 43.9 Å². The average molecular weight is 262 g/mol. The molecule has 1 aromatic rings. The highest BCUT2D eigenvalue weighted by atomic mass is 16.5. The summed E-state index contributed by atoms with van der Waals surface area (Å²) in [7, 11) is 0. The number of aromatic nitrogens is 3. The maximum absolute atomic E-state index is 5.83. The molecule has 2 atom stereocenters. The molecule has 104 valence electrons. The number of H-pyrrole nitrogens is 1. The predicted molar refractivity (Wildman–Crippen MR) is 72.8 cm³/mol. The van der Waals surface area contributed by atoms with E-state index in [1.165, 1.54) is 19.3 Å². The number of ether oxygens (including phenoxy) is 1. The Kier molecular flexibility index (Phi) is 3.94. The maximum Gasteiger partial charge on any atom is 0.180 e. The van der Waals surface area contributed by atoms with Gasteiger partial charge in [-0.1, -0.05) is 19.1 Å². The summed E-state index contributed by atoms with van der Waals surface area (Å²) in [5, 5.41) is 7.26. The number of rotatable bonds is 3. The summed E-state index contributed by atoms with van der Waals surface area (Å²) in [6.45, 7) is 4.75. The molecule has 1 aliphatic carbocycles. The van der Waals surface area contributed by atoms with E-state index in [9.17, 15) is 0 Å². The fourth-order valence-corrected chi connectivity index (χ4v) is 2.84. The van der Waals surface area contributed by atoms with Crippen molar-refractivity contribution >= 4 is 0 Å². The third-order valence-electron chi connectivity index (χ3n) is 3.97. The zero-order valence-corrected chi connectivity index (χ0v) is 11.5. The van der Waals surface area contributed by atoms with Crippen LogP contribution < -0.4 is 0 Å². The highest BCUT2D eigenvalue weighted by molar-refractivity contribution is 5.02. The Labute approximate surface area is 114 Å². The molecule has 1 fully saturated rings. The SMILES string of the molecule is CCc1nc([C@@H]2CN([C@@H]3C=CCCC3)CCO2)n[nH]1. The Hall–Kier alpha value is -1.20. The van der Waals surface area contributed by atoms with Gasteiger partial charge in [-0.2, -0.15) is 5.10 Å². The number of morpholine rings is 1. The van der Waals surface area contributed by atoms with Crippen LogP contribution in [0.4, 0.5) is 0 Å². The first-order valence-corrected chi connectivity index (χ1v) is 7.30. The molecule has 5 nitrogen and oxygen atoms in total. The molecule has 0 unspecified atom stereocenters. The molecule has 1 saturated heterocycles. The van der Waals surface area contributed by atoms with Gasteiger partial charge >= 0.3 is 0 Å². The maximum atomic E-state index is 5.83. The van der Waals surface area contributed by atoms with Crippen molar-refractivity contribution in [3.8, 4) is 0 Å². The number of hydrogen-bond acceptors (Lipinski definition) is 4. The Morgan fingerprint density at radius 1 is 1.53 bits per heavy atom. The molecule has 0 amide bonds. The lowest BCUT2D eigenvalue weighted by Crippen LogP contribution is -2.44. The molecule has 5 heteroatoms. The van der Waals surface area contributed by atoms with Crippen LogP contribution in [0.3, 0.4) is 0 Å². The van der Waals surface area contributed by atoms with Crippen LogP contribution >= 0.6 is 0 Å². The van der Waals surface area contributed by atoms with E-state index >= 15 is 0 Å². The second kappa shape index (κ2) is 5.84. The number of aromatic amines is 1. The van der Waals surface area contributed by atoms with Gasteiger partial charge in [0.05, 0.1) is 6.61 Å². The van der Waals surface area contributed by atoms with Gasteiger partial charge in [0.2, 0.25) is 0 Å². The van der Waals surface area contributed by atoms with E-state index < -0.39 is 0 Å². The van der Waals surface area contributed by atoms with E-state index in [0.29, 0.717) is 6.04 Å². The lowest BCUT2D eigenvalue weighted by molar-refractivity contribution is -0.0442. The lowest BCUT2D eigenvalue weighted by atomic mass is 10.0. The first-order chi connectivity index (χ1) is 9.36. The van der Waals surface area contributed by atoms with Crippen LogP contribution in [-0.2, 0) is 11.2 Å². The predicted octanol–water partition coefficient (Wildman–Crippen LogP) is 1.85. The first-order valence-electron chi connectivity index (χ1n) is 7.30. The molecule has 2 heterocycles. The normalized spacial score (nSPS) is 28.7. The molecular weight excluding hydrogens is 240 g/mol. The quantitative estimate of drug-likeness (QED) is 0.845. The van der Waals surface area contributed by atoms with E-state index in [2.05, 4.69) is 39.2 Å². The molecule has 2 aliphatic rings. The summed E-state index contributed by atoms with van der Waals surface area (Å²) in [6, 6.07) is 0.574. The van der Waals surface area contributed by atoms with Crippen molar-refractivity contribution in [2.45, 2.75) is 44.8 Å². The number of nitrogens with one attached hydrogen (secondary N) is 1. The highest BCUT2D eigenvalue weighted by Crippen LogP contribution is 2.24. The van der Waals surface area contributed by atoms with E-state index in [-0.39, 0.29) is 6.10 Å². The molecule has 0 radical (unpaired) electrons. The second-order valence-corrected chi connectivity index (χ2v) is 5.27. The zero-order chi connectivity index (χ0) is 13.1. The molecule has 0 aromatic carbocycles. The number of nitrogens with zero attached hydrogens (tertiary/aromatic N) is 3. The Bertz CT molecular complexity index is 442. The summed E-state index contributed by atoms with van der Waals surface area (Å²) in [6.07, 6.45) is 9.34. The third kappa shape index (κ3) is 2.87. The standard InChI is InChI=1S/C14H22N4O/c1-2-13-15-14(17-16-13)12-10-18(8-9-19-12)11-6-4-3-5-7-11/h4,6,11-12H,2-3,5,7-10H2,1H3,(H,15,16,17)/t11-,12+/m1/s1. The molecule has 0 bridgehead atoms. The molecule has 1 aromatic heterocycles. The van der Waals surface area contributed by atoms with Crippen molar-refractivity contribution in [2.75, 3.05) is 19.7 Å². The van der Waals surface area contributed by atoms with Crippen molar-refractivity contribution < 1.29 is 4.74 Å². The van der Waals surface area contributed by atoms with Gasteiger partial charge in [-0.3, -0.25) is 10.00 Å². The van der Waals surface area contributed by atoms with Gasteiger partial charge < -0.3 is 4.74 Å². The van der Waals surface area contributed by atoms with Crippen LogP contribution in [0, 0.1) is 0 Å². The van der Waals surface area contributed by atoms with Gasteiger partial charge in [0.15, 0.2) is 5.82 Å². The number of aryl methyl sites for hydroxylation is 1. The summed E-state index contributed by atoms with van der Waals surface area (Å²) >= 11 is 0. The second-order valence-electron chi connectivity index (χ2n) is 5.27. The van der Waals surface area contributed by atoms with Crippen LogP contribution in [0.2, 0.25) is 0 Å². The van der Waals surface area contributed by atoms with Crippen LogP contribution in [0.15, 0.2) is 12.2 Å². The highest BCUT2D eigenvalue weighted by Gasteiger charge is 2.28.